The van der Waals surface area contributed by atoms with Gasteiger partial charge in [0.05, 0.1) is 24.0 Å². The molecule has 0 unspecified atom stereocenters. The minimum absolute atomic E-state index is 0.157. The lowest BCUT2D eigenvalue weighted by atomic mass is 10.2. The maximum atomic E-state index is 12.9. The molecule has 0 aliphatic carbocycles. The lowest BCUT2D eigenvalue weighted by Gasteiger charge is -2.37. The summed E-state index contributed by atoms with van der Waals surface area (Å²) in [5.41, 5.74) is 1.19. The van der Waals surface area contributed by atoms with Gasteiger partial charge in [-0.15, -0.1) is 5.10 Å². The Hall–Kier alpha value is -2.44. The van der Waals surface area contributed by atoms with E-state index < -0.39 is 10.0 Å². The summed E-state index contributed by atoms with van der Waals surface area (Å²) < 4.78 is 36.8. The van der Waals surface area contributed by atoms with Crippen LogP contribution in [0, 0.1) is 0 Å². The van der Waals surface area contributed by atoms with E-state index in [1.165, 1.54) is 20.0 Å². The molecule has 10 nitrogen and oxygen atoms in total. The highest BCUT2D eigenvalue weighted by molar-refractivity contribution is 7.89. The molecule has 26 heavy (non-hydrogen) atoms. The largest absolute Gasteiger partial charge is 0.343 e. The summed E-state index contributed by atoms with van der Waals surface area (Å²) in [7, 11) is -0.398. The number of benzene rings is 1. The summed E-state index contributed by atoms with van der Waals surface area (Å²) in [5.74, 6) is -0.247. The number of sulfonamides is 1. The molecule has 1 aliphatic rings. The van der Waals surface area contributed by atoms with Crippen LogP contribution in [0.15, 0.2) is 29.3 Å². The van der Waals surface area contributed by atoms with Gasteiger partial charge in [0.2, 0.25) is 10.0 Å². The van der Waals surface area contributed by atoms with Crippen LogP contribution in [0.25, 0.3) is 11.0 Å². The van der Waals surface area contributed by atoms with Crippen molar-refractivity contribution < 1.29 is 13.2 Å². The predicted molar refractivity (Wildman–Crippen MR) is 93.3 cm³/mol. The number of hydrogen-bond acceptors (Lipinski definition) is 8. The van der Waals surface area contributed by atoms with Crippen molar-refractivity contribution in [2.75, 3.05) is 27.2 Å². The zero-order chi connectivity index (χ0) is 18.5. The number of fused-ring (bicyclic) bond motifs is 1. The first-order valence-corrected chi connectivity index (χ1v) is 9.90. The summed E-state index contributed by atoms with van der Waals surface area (Å²) in [6.45, 7) is 0.518. The van der Waals surface area contributed by atoms with E-state index in [1.807, 2.05) is 0 Å². The number of carbonyl (C=O) groups excluding carboxylic acids is 1. The van der Waals surface area contributed by atoms with Crippen LogP contribution in [0.2, 0.25) is 0 Å². The fourth-order valence-corrected chi connectivity index (χ4v) is 4.96. The van der Waals surface area contributed by atoms with Crippen molar-refractivity contribution in [3.63, 3.8) is 0 Å². The zero-order valence-corrected chi connectivity index (χ0v) is 15.6. The summed E-state index contributed by atoms with van der Waals surface area (Å²) in [4.78, 5) is 13.5. The molecule has 2 aromatic heterocycles. The van der Waals surface area contributed by atoms with Crippen molar-refractivity contribution in [3.05, 3.63) is 30.1 Å². The maximum Gasteiger partial charge on any atom is 0.275 e. The lowest BCUT2D eigenvalue weighted by Crippen LogP contribution is -2.50. The van der Waals surface area contributed by atoms with Crippen molar-refractivity contribution in [2.45, 2.75) is 10.9 Å². The van der Waals surface area contributed by atoms with Crippen LogP contribution in [0.3, 0.4) is 0 Å². The first kappa shape index (κ1) is 17.0. The molecule has 0 radical (unpaired) electrons. The number of hydrogen-bond donors (Lipinski definition) is 0. The Morgan fingerprint density at radius 2 is 2.04 bits per heavy atom. The van der Waals surface area contributed by atoms with Crippen molar-refractivity contribution in [3.8, 4) is 0 Å². The number of rotatable bonds is 4. The van der Waals surface area contributed by atoms with Crippen LogP contribution in [0.5, 0.6) is 0 Å². The summed E-state index contributed by atoms with van der Waals surface area (Å²) >= 11 is 0.984. The van der Waals surface area contributed by atoms with Gasteiger partial charge in [-0.2, -0.15) is 13.1 Å². The maximum absolute atomic E-state index is 12.9. The Morgan fingerprint density at radius 1 is 1.27 bits per heavy atom. The van der Waals surface area contributed by atoms with Crippen molar-refractivity contribution in [1.82, 2.24) is 32.9 Å². The molecule has 3 heterocycles. The smallest absolute Gasteiger partial charge is 0.275 e. The van der Waals surface area contributed by atoms with Crippen LogP contribution < -0.4 is 0 Å². The topological polar surface area (TPSA) is 114 Å². The van der Waals surface area contributed by atoms with Gasteiger partial charge in [-0.05, 0) is 12.1 Å². The Balaban J connectivity index is 1.53. The van der Waals surface area contributed by atoms with E-state index in [0.29, 0.717) is 11.0 Å². The molecule has 1 aliphatic heterocycles. The highest BCUT2D eigenvalue weighted by atomic mass is 32.2. The minimum atomic E-state index is -3.66. The van der Waals surface area contributed by atoms with Crippen LogP contribution >= 0.6 is 11.7 Å². The van der Waals surface area contributed by atoms with Gasteiger partial charge in [-0.1, -0.05) is 11.3 Å². The molecule has 0 N–H and O–H groups in total. The Morgan fingerprint density at radius 3 is 2.77 bits per heavy atom. The van der Waals surface area contributed by atoms with Crippen molar-refractivity contribution in [2.24, 2.45) is 0 Å². The van der Waals surface area contributed by atoms with Crippen LogP contribution in [-0.4, -0.2) is 74.5 Å². The summed E-state index contributed by atoms with van der Waals surface area (Å²) in [6, 6.07) is 4.77. The predicted octanol–water partition coefficient (Wildman–Crippen LogP) is 0.230. The molecule has 136 valence electrons. The van der Waals surface area contributed by atoms with E-state index in [9.17, 15) is 13.2 Å². The van der Waals surface area contributed by atoms with Crippen LogP contribution in [0.4, 0.5) is 0 Å². The van der Waals surface area contributed by atoms with E-state index in [2.05, 4.69) is 19.1 Å². The lowest BCUT2D eigenvalue weighted by molar-refractivity contribution is 0.0821. The van der Waals surface area contributed by atoms with Crippen LogP contribution in [0.1, 0.15) is 16.5 Å². The second-order valence-corrected chi connectivity index (χ2v) is 8.58. The zero-order valence-electron chi connectivity index (χ0n) is 14.0. The molecule has 0 bridgehead atoms. The van der Waals surface area contributed by atoms with Gasteiger partial charge in [0.1, 0.15) is 15.9 Å². The van der Waals surface area contributed by atoms with Gasteiger partial charge >= 0.3 is 0 Å². The molecule has 1 aromatic carbocycles. The first-order valence-electron chi connectivity index (χ1n) is 7.73. The quantitative estimate of drug-likeness (QED) is 0.623. The molecule has 1 fully saturated rings. The number of aromatic nitrogens is 5. The van der Waals surface area contributed by atoms with Gasteiger partial charge in [-0.3, -0.25) is 4.79 Å². The molecular weight excluding hydrogens is 378 g/mol. The molecule has 0 spiro atoms. The molecule has 0 saturated carbocycles. The van der Waals surface area contributed by atoms with Gasteiger partial charge in [0, 0.05) is 27.2 Å². The fraction of sp³-hybridized carbons (Fsp3) is 0.357. The van der Waals surface area contributed by atoms with E-state index >= 15 is 0 Å². The van der Waals surface area contributed by atoms with Crippen molar-refractivity contribution >= 4 is 38.7 Å². The Labute approximate surface area is 153 Å². The Bertz CT molecular complexity index is 1080. The van der Waals surface area contributed by atoms with Gasteiger partial charge in [0.25, 0.3) is 5.91 Å². The second-order valence-electron chi connectivity index (χ2n) is 6.15. The van der Waals surface area contributed by atoms with Gasteiger partial charge in [0.15, 0.2) is 5.69 Å². The molecule has 0 atom stereocenters. The monoisotopic (exact) mass is 393 g/mol. The number of carbonyl (C=O) groups is 1. The van der Waals surface area contributed by atoms with Crippen molar-refractivity contribution in [1.29, 1.82) is 0 Å². The first-order chi connectivity index (χ1) is 12.4. The molecule has 4 rings (SSSR count). The average Bonchev–Trinajstić information content (AvgIpc) is 3.21. The average molecular weight is 393 g/mol. The molecule has 1 saturated heterocycles. The molecular formula is C14H15N7O3S2. The highest BCUT2D eigenvalue weighted by Gasteiger charge is 2.39. The summed E-state index contributed by atoms with van der Waals surface area (Å²) in [5, 5.41) is 7.81. The second kappa shape index (κ2) is 6.07. The third-order valence-electron chi connectivity index (χ3n) is 4.21. The number of nitrogens with zero attached hydrogens (tertiary/aromatic N) is 7. The van der Waals surface area contributed by atoms with E-state index in [4.69, 9.17) is 0 Å². The number of amides is 1. The van der Waals surface area contributed by atoms with E-state index in [0.717, 1.165) is 11.7 Å². The third kappa shape index (κ3) is 2.66. The normalized spacial score (nSPS) is 15.9. The summed E-state index contributed by atoms with van der Waals surface area (Å²) in [6.07, 6.45) is 1.54. The molecule has 1 amide bonds. The molecule has 3 aromatic rings. The van der Waals surface area contributed by atoms with Gasteiger partial charge in [-0.25, -0.2) is 13.1 Å². The third-order valence-corrected chi connectivity index (χ3v) is 6.61. The highest BCUT2D eigenvalue weighted by Crippen LogP contribution is 2.31. The van der Waals surface area contributed by atoms with Crippen LogP contribution in [-0.2, 0) is 10.0 Å². The fourth-order valence-electron chi connectivity index (χ4n) is 2.69. The minimum Gasteiger partial charge on any atom is -0.343 e. The Kier molecular flexibility index (Phi) is 3.97. The SMILES string of the molecule is CN(C)C(=O)c1cn(C2CN(S(=O)(=O)c3cccc4nsnc34)C2)nn1. The van der Waals surface area contributed by atoms with E-state index in [1.54, 1.807) is 32.4 Å². The standard InChI is InChI=1S/C14H15N7O3S2/c1-19(2)14(22)11-8-21(18-15-11)9-6-20(7-9)26(23,24)12-5-3-4-10-13(12)17-25-16-10/h3-5,8-9H,6-7H2,1-2H3. The van der Waals surface area contributed by atoms with Gasteiger partial charge < -0.3 is 4.90 Å². The van der Waals surface area contributed by atoms with E-state index in [-0.39, 0.29) is 35.6 Å². The molecule has 12 heteroatoms.